The van der Waals surface area contributed by atoms with Crippen LogP contribution in [0.25, 0.3) is 16.7 Å². The molecule has 0 aliphatic rings. The van der Waals surface area contributed by atoms with Crippen molar-refractivity contribution >= 4 is 21.1 Å². The molecule has 108 valence electrons. The molecule has 0 unspecified atom stereocenters. The maximum absolute atomic E-state index is 13.9. The molecular weight excluding hydrogens is 300 g/mol. The van der Waals surface area contributed by atoms with Crippen molar-refractivity contribution < 1.29 is 17.2 Å². The first-order chi connectivity index (χ1) is 9.88. The van der Waals surface area contributed by atoms with Gasteiger partial charge in [0.05, 0.1) is 5.69 Å². The minimum atomic E-state index is -4.02. The highest BCUT2D eigenvalue weighted by Gasteiger charge is 2.20. The second kappa shape index (κ2) is 4.61. The Morgan fingerprint density at radius 3 is 2.67 bits per heavy atom. The van der Waals surface area contributed by atoms with Crippen molar-refractivity contribution in [2.75, 3.05) is 0 Å². The lowest BCUT2D eigenvalue weighted by atomic mass is 10.3. The highest BCUT2D eigenvalue weighted by molar-refractivity contribution is 7.89. The summed E-state index contributed by atoms with van der Waals surface area (Å²) < 4.78 is 51.6. The lowest BCUT2D eigenvalue weighted by molar-refractivity contribution is 0.592. The lowest BCUT2D eigenvalue weighted by Gasteiger charge is -2.05. The third-order valence-corrected chi connectivity index (χ3v) is 3.94. The number of aromatic nitrogens is 2. The molecule has 0 fully saturated rings. The van der Waals surface area contributed by atoms with Crippen LogP contribution in [0, 0.1) is 11.6 Å². The molecule has 0 aliphatic carbocycles. The summed E-state index contributed by atoms with van der Waals surface area (Å²) in [5.41, 5.74) is 0.0274. The second-order valence-corrected chi connectivity index (χ2v) is 5.91. The third-order valence-electron chi connectivity index (χ3n) is 3.00. The smallest absolute Gasteiger partial charge is 0.240 e. The van der Waals surface area contributed by atoms with Crippen LogP contribution in [0.4, 0.5) is 8.78 Å². The van der Waals surface area contributed by atoms with E-state index in [1.165, 1.54) is 18.3 Å². The molecule has 2 heterocycles. The van der Waals surface area contributed by atoms with E-state index in [1.807, 2.05) is 0 Å². The summed E-state index contributed by atoms with van der Waals surface area (Å²) in [4.78, 5) is 3.82. The number of benzene rings is 1. The van der Waals surface area contributed by atoms with Gasteiger partial charge in [-0.2, -0.15) is 0 Å². The average molecular weight is 309 g/mol. The number of hydrogen-bond donors (Lipinski definition) is 1. The van der Waals surface area contributed by atoms with Crippen LogP contribution in [-0.2, 0) is 10.0 Å². The van der Waals surface area contributed by atoms with Gasteiger partial charge in [0.2, 0.25) is 10.0 Å². The maximum atomic E-state index is 13.9. The van der Waals surface area contributed by atoms with Gasteiger partial charge in [-0.1, -0.05) is 0 Å². The number of pyridine rings is 1. The van der Waals surface area contributed by atoms with E-state index in [4.69, 9.17) is 5.14 Å². The van der Waals surface area contributed by atoms with Crippen molar-refractivity contribution in [2.45, 2.75) is 4.90 Å². The molecule has 0 radical (unpaired) electrons. The molecule has 5 nitrogen and oxygen atoms in total. The van der Waals surface area contributed by atoms with Crippen LogP contribution in [0.15, 0.2) is 47.6 Å². The highest BCUT2D eigenvalue weighted by Crippen LogP contribution is 2.27. The summed E-state index contributed by atoms with van der Waals surface area (Å²) in [6.07, 6.45) is 2.55. The van der Waals surface area contributed by atoms with Gasteiger partial charge in [0.15, 0.2) is 0 Å². The summed E-state index contributed by atoms with van der Waals surface area (Å²) in [5.74, 6) is -1.36. The van der Waals surface area contributed by atoms with Gasteiger partial charge in [-0.3, -0.25) is 4.57 Å². The zero-order chi connectivity index (χ0) is 15.2. The summed E-state index contributed by atoms with van der Waals surface area (Å²) in [7, 11) is -4.02. The Morgan fingerprint density at radius 2 is 1.95 bits per heavy atom. The summed E-state index contributed by atoms with van der Waals surface area (Å²) in [6.45, 7) is 0. The molecular formula is C13H9F2N3O2S. The van der Waals surface area contributed by atoms with Crippen LogP contribution < -0.4 is 5.14 Å². The van der Waals surface area contributed by atoms with Crippen molar-refractivity contribution in [3.05, 3.63) is 54.4 Å². The van der Waals surface area contributed by atoms with Gasteiger partial charge < -0.3 is 0 Å². The molecule has 1 aromatic carbocycles. The maximum Gasteiger partial charge on any atom is 0.240 e. The summed E-state index contributed by atoms with van der Waals surface area (Å²) in [5, 5.41) is 5.39. The second-order valence-electron chi connectivity index (χ2n) is 4.38. The SMILES string of the molecule is NS(=O)(=O)c1cn(-c2cc(F)ccc2F)c2ncccc12. The molecule has 2 aromatic heterocycles. The van der Waals surface area contributed by atoms with E-state index < -0.39 is 21.7 Å². The molecule has 0 aliphatic heterocycles. The Kier molecular flexibility index (Phi) is 2.99. The number of sulfonamides is 1. The molecule has 0 spiro atoms. The van der Waals surface area contributed by atoms with Gasteiger partial charge in [-0.25, -0.2) is 27.3 Å². The third kappa shape index (κ3) is 2.28. The van der Waals surface area contributed by atoms with E-state index in [0.717, 1.165) is 29.0 Å². The normalized spacial score (nSPS) is 12.0. The number of nitrogens with zero attached hydrogens (tertiary/aromatic N) is 2. The van der Waals surface area contributed by atoms with Crippen molar-refractivity contribution in [3.8, 4) is 5.69 Å². The lowest BCUT2D eigenvalue weighted by Crippen LogP contribution is -2.11. The predicted octanol–water partition coefficient (Wildman–Crippen LogP) is 1.95. The van der Waals surface area contributed by atoms with Crippen LogP contribution in [-0.4, -0.2) is 18.0 Å². The van der Waals surface area contributed by atoms with E-state index >= 15 is 0 Å². The van der Waals surface area contributed by atoms with Crippen molar-refractivity contribution in [1.82, 2.24) is 9.55 Å². The molecule has 0 saturated heterocycles. The zero-order valence-electron chi connectivity index (χ0n) is 10.5. The highest BCUT2D eigenvalue weighted by atomic mass is 32.2. The van der Waals surface area contributed by atoms with E-state index in [2.05, 4.69) is 4.98 Å². The van der Waals surface area contributed by atoms with Gasteiger partial charge in [-0.15, -0.1) is 0 Å². The average Bonchev–Trinajstić information content (AvgIpc) is 2.81. The molecule has 2 N–H and O–H groups in total. The minimum absolute atomic E-state index is 0.145. The van der Waals surface area contributed by atoms with Gasteiger partial charge >= 0.3 is 0 Å². The molecule has 0 saturated carbocycles. The Labute approximate surface area is 118 Å². The predicted molar refractivity (Wildman–Crippen MR) is 72.4 cm³/mol. The van der Waals surface area contributed by atoms with E-state index in [9.17, 15) is 17.2 Å². The van der Waals surface area contributed by atoms with Gasteiger partial charge in [0.1, 0.15) is 22.2 Å². The van der Waals surface area contributed by atoms with E-state index in [0.29, 0.717) is 0 Å². The Hall–Kier alpha value is -2.32. The first-order valence-corrected chi connectivity index (χ1v) is 7.37. The largest absolute Gasteiger partial charge is 0.297 e. The number of hydrogen-bond acceptors (Lipinski definition) is 3. The van der Waals surface area contributed by atoms with Crippen molar-refractivity contribution in [3.63, 3.8) is 0 Å². The molecule has 3 aromatic rings. The Morgan fingerprint density at radius 1 is 1.19 bits per heavy atom. The first kappa shape index (κ1) is 13.7. The topological polar surface area (TPSA) is 78.0 Å². The zero-order valence-corrected chi connectivity index (χ0v) is 11.3. The molecule has 0 atom stereocenters. The number of rotatable bonds is 2. The monoisotopic (exact) mass is 309 g/mol. The minimum Gasteiger partial charge on any atom is -0.297 e. The first-order valence-electron chi connectivity index (χ1n) is 5.82. The van der Waals surface area contributed by atoms with Crippen LogP contribution in [0.2, 0.25) is 0 Å². The van der Waals surface area contributed by atoms with Gasteiger partial charge in [0, 0.05) is 23.8 Å². The number of halogens is 2. The standard InChI is InChI=1S/C13H9F2N3O2S/c14-8-3-4-10(15)11(6-8)18-7-12(21(16,19)20)9-2-1-5-17-13(9)18/h1-7H,(H2,16,19,20). The fourth-order valence-corrected chi connectivity index (χ4v) is 2.83. The quantitative estimate of drug-likeness (QED) is 0.786. The Balaban J connectivity index is 2.42. The number of primary sulfonamides is 1. The van der Waals surface area contributed by atoms with E-state index in [1.54, 1.807) is 0 Å². The Bertz CT molecular complexity index is 951. The number of fused-ring (bicyclic) bond motifs is 1. The molecule has 0 amide bonds. The van der Waals surface area contributed by atoms with Crippen molar-refractivity contribution in [1.29, 1.82) is 0 Å². The molecule has 8 heteroatoms. The number of nitrogens with two attached hydrogens (primary N) is 1. The van der Waals surface area contributed by atoms with Gasteiger partial charge in [0.25, 0.3) is 0 Å². The fourth-order valence-electron chi connectivity index (χ4n) is 2.11. The van der Waals surface area contributed by atoms with Crippen molar-refractivity contribution in [2.24, 2.45) is 5.14 Å². The van der Waals surface area contributed by atoms with Gasteiger partial charge in [-0.05, 0) is 24.3 Å². The molecule has 21 heavy (non-hydrogen) atoms. The fraction of sp³-hybridized carbons (Fsp3) is 0. The molecule has 3 rings (SSSR count). The van der Waals surface area contributed by atoms with Crippen LogP contribution >= 0.6 is 0 Å². The van der Waals surface area contributed by atoms with E-state index in [-0.39, 0.29) is 21.6 Å². The van der Waals surface area contributed by atoms with Crippen LogP contribution in [0.3, 0.4) is 0 Å². The summed E-state index contributed by atoms with van der Waals surface area (Å²) >= 11 is 0. The molecule has 0 bridgehead atoms. The van der Waals surface area contributed by atoms with Crippen LogP contribution in [0.1, 0.15) is 0 Å². The summed E-state index contributed by atoms with van der Waals surface area (Å²) in [6, 6.07) is 5.91. The van der Waals surface area contributed by atoms with Crippen LogP contribution in [0.5, 0.6) is 0 Å².